The summed E-state index contributed by atoms with van der Waals surface area (Å²) in [5.41, 5.74) is 0.314. The molecule has 25 heavy (non-hydrogen) atoms. The molecule has 0 aliphatic carbocycles. The first kappa shape index (κ1) is 18.8. The number of hydrogen-bond acceptors (Lipinski definition) is 4. The van der Waals surface area contributed by atoms with E-state index in [2.05, 4.69) is 0 Å². The Balaban J connectivity index is 2.18. The maximum absolute atomic E-state index is 12.5. The molecule has 2 aromatic carbocycles. The third-order valence-electron chi connectivity index (χ3n) is 4.02. The highest BCUT2D eigenvalue weighted by Gasteiger charge is 2.22. The Morgan fingerprint density at radius 3 is 2.08 bits per heavy atom. The molecule has 5 heteroatoms. The number of carbonyl (C=O) groups is 2. The number of methoxy groups -OCH3 is 1. The molecule has 0 atom stereocenters. The lowest BCUT2D eigenvalue weighted by Gasteiger charge is -2.30. The van der Waals surface area contributed by atoms with Crippen molar-refractivity contribution < 1.29 is 19.1 Å². The first-order valence-corrected chi connectivity index (χ1v) is 8.40. The van der Waals surface area contributed by atoms with Crippen LogP contribution in [0.3, 0.4) is 0 Å². The van der Waals surface area contributed by atoms with E-state index in [1.54, 1.807) is 17.0 Å². The number of hydrogen-bond donors (Lipinski definition) is 0. The van der Waals surface area contributed by atoms with Crippen LogP contribution in [0.15, 0.2) is 36.4 Å². The van der Waals surface area contributed by atoms with Crippen LogP contribution in [0.5, 0.6) is 5.75 Å². The van der Waals surface area contributed by atoms with Gasteiger partial charge in [-0.15, -0.1) is 0 Å². The molecular formula is C20H25NO4. The van der Waals surface area contributed by atoms with Gasteiger partial charge in [-0.25, -0.2) is 4.79 Å². The summed E-state index contributed by atoms with van der Waals surface area (Å²) >= 11 is 0. The molecular weight excluding hydrogens is 318 g/mol. The van der Waals surface area contributed by atoms with Crippen LogP contribution in [-0.2, 0) is 9.53 Å². The quantitative estimate of drug-likeness (QED) is 0.751. The summed E-state index contributed by atoms with van der Waals surface area (Å²) < 4.78 is 10.6. The predicted octanol–water partition coefficient (Wildman–Crippen LogP) is 3.65. The van der Waals surface area contributed by atoms with Gasteiger partial charge in [0.25, 0.3) is 5.91 Å². The Morgan fingerprint density at radius 2 is 1.56 bits per heavy atom. The lowest BCUT2D eigenvalue weighted by atomic mass is 10.1. The van der Waals surface area contributed by atoms with E-state index in [1.807, 2.05) is 52.0 Å². The van der Waals surface area contributed by atoms with E-state index < -0.39 is 5.97 Å². The fourth-order valence-electron chi connectivity index (χ4n) is 3.00. The van der Waals surface area contributed by atoms with Crippen molar-refractivity contribution in [3.8, 4) is 5.75 Å². The van der Waals surface area contributed by atoms with Crippen LogP contribution in [0.4, 0.5) is 0 Å². The Labute approximate surface area is 148 Å². The van der Waals surface area contributed by atoms with Gasteiger partial charge in [-0.05, 0) is 50.6 Å². The minimum Gasteiger partial charge on any atom is -0.496 e. The lowest BCUT2D eigenvalue weighted by molar-refractivity contribution is -0.138. The number of fused-ring (bicyclic) bond motifs is 1. The fourth-order valence-corrected chi connectivity index (χ4v) is 3.00. The molecule has 5 nitrogen and oxygen atoms in total. The third kappa shape index (κ3) is 4.29. The molecule has 0 saturated carbocycles. The molecule has 0 saturated heterocycles. The molecule has 1 amide bonds. The molecule has 0 aromatic heterocycles. The zero-order chi connectivity index (χ0) is 18.6. The van der Waals surface area contributed by atoms with E-state index in [0.29, 0.717) is 11.3 Å². The maximum Gasteiger partial charge on any atom is 0.342 e. The summed E-state index contributed by atoms with van der Waals surface area (Å²) in [5.74, 6) is -0.345. The number of nitrogens with zero attached hydrogens (tertiary/aromatic N) is 1. The highest BCUT2D eigenvalue weighted by atomic mass is 16.5. The molecule has 0 aliphatic rings. The molecule has 0 heterocycles. The van der Waals surface area contributed by atoms with E-state index >= 15 is 0 Å². The lowest BCUT2D eigenvalue weighted by Crippen LogP contribution is -2.44. The van der Waals surface area contributed by atoms with Gasteiger partial charge in [-0.1, -0.05) is 24.3 Å². The Morgan fingerprint density at radius 1 is 1.00 bits per heavy atom. The van der Waals surface area contributed by atoms with Crippen LogP contribution in [0, 0.1) is 0 Å². The SMILES string of the molecule is COc1cc2ccccc2cc1C(=O)OCC(=O)N(C(C)C)C(C)C. The van der Waals surface area contributed by atoms with Crippen molar-refractivity contribution in [2.24, 2.45) is 0 Å². The van der Waals surface area contributed by atoms with E-state index in [-0.39, 0.29) is 24.6 Å². The van der Waals surface area contributed by atoms with Gasteiger partial charge in [0, 0.05) is 12.1 Å². The molecule has 2 aromatic rings. The standard InChI is InChI=1S/C20H25NO4/c1-13(2)21(14(3)4)19(22)12-25-20(23)17-10-15-8-6-7-9-16(15)11-18(17)24-5/h6-11,13-14H,12H2,1-5H3. The highest BCUT2D eigenvalue weighted by molar-refractivity contribution is 5.99. The topological polar surface area (TPSA) is 55.8 Å². The minimum absolute atomic E-state index is 0.0430. The van der Waals surface area contributed by atoms with Gasteiger partial charge in [0.05, 0.1) is 7.11 Å². The largest absolute Gasteiger partial charge is 0.496 e. The number of benzene rings is 2. The van der Waals surface area contributed by atoms with E-state index in [0.717, 1.165) is 10.8 Å². The van der Waals surface area contributed by atoms with Gasteiger partial charge in [0.15, 0.2) is 6.61 Å². The van der Waals surface area contributed by atoms with Crippen LogP contribution in [0.1, 0.15) is 38.1 Å². The monoisotopic (exact) mass is 343 g/mol. The van der Waals surface area contributed by atoms with Gasteiger partial charge in [-0.2, -0.15) is 0 Å². The second-order valence-corrected chi connectivity index (χ2v) is 6.46. The van der Waals surface area contributed by atoms with Crippen molar-refractivity contribution in [3.63, 3.8) is 0 Å². The molecule has 134 valence electrons. The van der Waals surface area contributed by atoms with E-state index in [9.17, 15) is 9.59 Å². The van der Waals surface area contributed by atoms with Crippen molar-refractivity contribution >= 4 is 22.6 Å². The first-order valence-electron chi connectivity index (χ1n) is 8.40. The molecule has 0 fully saturated rings. The van der Waals surface area contributed by atoms with Crippen LogP contribution in [0.25, 0.3) is 10.8 Å². The average Bonchev–Trinajstić information content (AvgIpc) is 2.57. The highest BCUT2D eigenvalue weighted by Crippen LogP contribution is 2.26. The second-order valence-electron chi connectivity index (χ2n) is 6.46. The maximum atomic E-state index is 12.5. The zero-order valence-electron chi connectivity index (χ0n) is 15.4. The fraction of sp³-hybridized carbons (Fsp3) is 0.400. The first-order chi connectivity index (χ1) is 11.8. The number of esters is 1. The number of amides is 1. The van der Waals surface area contributed by atoms with Crippen molar-refractivity contribution in [2.75, 3.05) is 13.7 Å². The van der Waals surface area contributed by atoms with Crippen LogP contribution >= 0.6 is 0 Å². The molecule has 0 aliphatic heterocycles. The molecule has 0 bridgehead atoms. The van der Waals surface area contributed by atoms with E-state index in [1.165, 1.54) is 7.11 Å². The Hall–Kier alpha value is -2.56. The summed E-state index contributed by atoms with van der Waals surface area (Å²) in [6, 6.07) is 11.3. The Kier molecular flexibility index (Phi) is 6.02. The molecule has 0 spiro atoms. The van der Waals surface area contributed by atoms with Gasteiger partial charge in [0.1, 0.15) is 11.3 Å². The smallest absolute Gasteiger partial charge is 0.342 e. The van der Waals surface area contributed by atoms with Crippen molar-refractivity contribution in [3.05, 3.63) is 42.0 Å². The number of rotatable bonds is 6. The predicted molar refractivity (Wildman–Crippen MR) is 97.9 cm³/mol. The van der Waals surface area contributed by atoms with Crippen LogP contribution in [0.2, 0.25) is 0 Å². The summed E-state index contributed by atoms with van der Waals surface area (Å²) in [6.07, 6.45) is 0. The second kappa shape index (κ2) is 8.01. The Bertz CT molecular complexity index is 759. The van der Waals surface area contributed by atoms with E-state index in [4.69, 9.17) is 9.47 Å². The summed E-state index contributed by atoms with van der Waals surface area (Å²) in [6.45, 7) is 7.46. The van der Waals surface area contributed by atoms with Gasteiger partial charge >= 0.3 is 5.97 Å². The van der Waals surface area contributed by atoms with Crippen molar-refractivity contribution in [1.82, 2.24) is 4.90 Å². The molecule has 0 unspecified atom stereocenters. The summed E-state index contributed by atoms with van der Waals surface area (Å²) in [7, 11) is 1.51. The average molecular weight is 343 g/mol. The van der Waals surface area contributed by atoms with Crippen molar-refractivity contribution in [2.45, 2.75) is 39.8 Å². The summed E-state index contributed by atoms with van der Waals surface area (Å²) in [5, 5.41) is 1.88. The summed E-state index contributed by atoms with van der Waals surface area (Å²) in [4.78, 5) is 26.5. The molecule has 0 N–H and O–H groups in total. The van der Waals surface area contributed by atoms with Gasteiger partial charge < -0.3 is 14.4 Å². The molecule has 2 rings (SSSR count). The van der Waals surface area contributed by atoms with Gasteiger partial charge in [-0.3, -0.25) is 4.79 Å². The van der Waals surface area contributed by atoms with Gasteiger partial charge in [0.2, 0.25) is 0 Å². The van der Waals surface area contributed by atoms with Crippen LogP contribution < -0.4 is 4.74 Å². The number of ether oxygens (including phenoxy) is 2. The third-order valence-corrected chi connectivity index (χ3v) is 4.02. The molecule has 0 radical (unpaired) electrons. The minimum atomic E-state index is -0.566. The van der Waals surface area contributed by atoms with Crippen LogP contribution in [-0.4, -0.2) is 42.6 Å². The number of carbonyl (C=O) groups excluding carboxylic acids is 2. The zero-order valence-corrected chi connectivity index (χ0v) is 15.4. The normalized spacial score (nSPS) is 11.0. The van der Waals surface area contributed by atoms with Crippen molar-refractivity contribution in [1.29, 1.82) is 0 Å².